The first-order valence-electron chi connectivity index (χ1n) is 5.36. The molecule has 3 N–H and O–H groups in total. The number of benzene rings is 1. The van der Waals surface area contributed by atoms with Gasteiger partial charge in [-0.1, -0.05) is 30.4 Å². The maximum absolute atomic E-state index is 11.7. The van der Waals surface area contributed by atoms with Gasteiger partial charge in [0.05, 0.1) is 0 Å². The van der Waals surface area contributed by atoms with Gasteiger partial charge in [-0.15, -0.1) is 0 Å². The molecule has 0 atom stereocenters. The number of nitrogens with one attached hydrogen (secondary N) is 1. The third-order valence-corrected chi connectivity index (χ3v) is 3.37. The lowest BCUT2D eigenvalue weighted by atomic mass is 10.1. The fraction of sp³-hybridized carbons (Fsp3) is 0.0769. The molecule has 18 heavy (non-hydrogen) atoms. The van der Waals surface area contributed by atoms with Crippen LogP contribution in [0.1, 0.15) is 21.5 Å². The summed E-state index contributed by atoms with van der Waals surface area (Å²) < 4.78 is 0. The molecule has 0 unspecified atom stereocenters. The van der Waals surface area contributed by atoms with Crippen molar-refractivity contribution in [3.05, 3.63) is 57.8 Å². The van der Waals surface area contributed by atoms with Crippen LogP contribution in [0.5, 0.6) is 0 Å². The van der Waals surface area contributed by atoms with Crippen molar-refractivity contribution in [1.29, 1.82) is 0 Å². The molecule has 0 saturated carbocycles. The standard InChI is InChI=1S/C13H12N2OS2/c14-12(17)10-3-1-2-9(6-10)7-15-13(16)11-4-5-18-8-11/h1-6,8H,7H2,(H2,14,17)(H,15,16). The van der Waals surface area contributed by atoms with Gasteiger partial charge in [-0.2, -0.15) is 11.3 Å². The Morgan fingerprint density at radius 3 is 2.83 bits per heavy atom. The molecule has 0 aliphatic rings. The van der Waals surface area contributed by atoms with Crippen molar-refractivity contribution in [3.8, 4) is 0 Å². The Bertz CT molecular complexity index is 564. The highest BCUT2D eigenvalue weighted by atomic mass is 32.1. The molecular weight excluding hydrogens is 264 g/mol. The number of nitrogens with two attached hydrogens (primary N) is 1. The summed E-state index contributed by atoms with van der Waals surface area (Å²) in [4.78, 5) is 12.1. The Hall–Kier alpha value is -1.72. The smallest absolute Gasteiger partial charge is 0.252 e. The van der Waals surface area contributed by atoms with Gasteiger partial charge in [0.1, 0.15) is 4.99 Å². The van der Waals surface area contributed by atoms with E-state index in [2.05, 4.69) is 5.32 Å². The molecule has 0 fully saturated rings. The number of hydrogen-bond acceptors (Lipinski definition) is 3. The number of carbonyl (C=O) groups is 1. The summed E-state index contributed by atoms with van der Waals surface area (Å²) in [6.45, 7) is 0.463. The molecule has 0 aliphatic heterocycles. The van der Waals surface area contributed by atoms with Crippen molar-refractivity contribution < 1.29 is 4.79 Å². The average molecular weight is 276 g/mol. The Kier molecular flexibility index (Phi) is 4.07. The zero-order valence-corrected chi connectivity index (χ0v) is 11.2. The minimum Gasteiger partial charge on any atom is -0.389 e. The number of rotatable bonds is 4. The topological polar surface area (TPSA) is 55.1 Å². The molecule has 2 aromatic rings. The number of thiophene rings is 1. The Balaban J connectivity index is 2.00. The van der Waals surface area contributed by atoms with Gasteiger partial charge in [-0.05, 0) is 23.1 Å². The Labute approximate surface area is 115 Å². The normalized spacial score (nSPS) is 10.0. The fourth-order valence-electron chi connectivity index (χ4n) is 1.51. The van der Waals surface area contributed by atoms with Crippen LogP contribution in [-0.2, 0) is 6.54 Å². The summed E-state index contributed by atoms with van der Waals surface area (Å²) in [5.41, 5.74) is 8.03. The van der Waals surface area contributed by atoms with E-state index in [1.165, 1.54) is 11.3 Å². The Morgan fingerprint density at radius 2 is 2.17 bits per heavy atom. The van der Waals surface area contributed by atoms with Crippen molar-refractivity contribution in [2.75, 3.05) is 0 Å². The molecule has 1 aromatic carbocycles. The summed E-state index contributed by atoms with van der Waals surface area (Å²) in [5, 5.41) is 6.55. The second-order valence-electron chi connectivity index (χ2n) is 3.76. The third kappa shape index (κ3) is 3.15. The predicted molar refractivity (Wildman–Crippen MR) is 77.8 cm³/mol. The highest BCUT2D eigenvalue weighted by Crippen LogP contribution is 2.08. The van der Waals surface area contributed by atoms with E-state index in [-0.39, 0.29) is 5.91 Å². The fourth-order valence-corrected chi connectivity index (χ4v) is 2.28. The van der Waals surface area contributed by atoms with E-state index in [1.54, 1.807) is 6.07 Å². The molecule has 1 heterocycles. The SMILES string of the molecule is NC(=S)c1cccc(CNC(=O)c2ccsc2)c1. The summed E-state index contributed by atoms with van der Waals surface area (Å²) in [7, 11) is 0. The summed E-state index contributed by atoms with van der Waals surface area (Å²) in [5.74, 6) is -0.0722. The van der Waals surface area contributed by atoms with E-state index in [4.69, 9.17) is 18.0 Å². The highest BCUT2D eigenvalue weighted by molar-refractivity contribution is 7.80. The first kappa shape index (κ1) is 12.7. The van der Waals surface area contributed by atoms with Gasteiger partial charge in [-0.25, -0.2) is 0 Å². The maximum Gasteiger partial charge on any atom is 0.252 e. The van der Waals surface area contributed by atoms with Crippen LogP contribution in [0.25, 0.3) is 0 Å². The van der Waals surface area contributed by atoms with Crippen molar-refractivity contribution in [3.63, 3.8) is 0 Å². The van der Waals surface area contributed by atoms with Gasteiger partial charge in [0.25, 0.3) is 5.91 Å². The predicted octanol–water partition coefficient (Wildman–Crippen LogP) is 2.31. The third-order valence-electron chi connectivity index (χ3n) is 2.45. The molecule has 0 saturated heterocycles. The molecular formula is C13H12N2OS2. The molecule has 2 rings (SSSR count). The summed E-state index contributed by atoms with van der Waals surface area (Å²) in [6, 6.07) is 9.34. The molecule has 0 bridgehead atoms. The zero-order valence-electron chi connectivity index (χ0n) is 9.55. The van der Waals surface area contributed by atoms with Crippen LogP contribution in [0.2, 0.25) is 0 Å². The summed E-state index contributed by atoms with van der Waals surface area (Å²) in [6.07, 6.45) is 0. The van der Waals surface area contributed by atoms with Crippen molar-refractivity contribution in [2.24, 2.45) is 5.73 Å². The van der Waals surface area contributed by atoms with Crippen LogP contribution in [0.15, 0.2) is 41.1 Å². The van der Waals surface area contributed by atoms with Gasteiger partial charge in [0.15, 0.2) is 0 Å². The molecule has 92 valence electrons. The highest BCUT2D eigenvalue weighted by Gasteiger charge is 2.05. The molecule has 1 aromatic heterocycles. The first-order chi connectivity index (χ1) is 8.66. The lowest BCUT2D eigenvalue weighted by Gasteiger charge is -2.06. The lowest BCUT2D eigenvalue weighted by molar-refractivity contribution is 0.0951. The first-order valence-corrected chi connectivity index (χ1v) is 6.71. The van der Waals surface area contributed by atoms with Gasteiger partial charge in [0.2, 0.25) is 0 Å². The minimum atomic E-state index is -0.0722. The largest absolute Gasteiger partial charge is 0.389 e. The van der Waals surface area contributed by atoms with Crippen LogP contribution in [0.3, 0.4) is 0 Å². The second-order valence-corrected chi connectivity index (χ2v) is 4.98. The van der Waals surface area contributed by atoms with Crippen LogP contribution >= 0.6 is 23.6 Å². The molecule has 0 radical (unpaired) electrons. The second kappa shape index (κ2) is 5.75. The van der Waals surface area contributed by atoms with E-state index in [1.807, 2.05) is 35.0 Å². The molecule has 3 nitrogen and oxygen atoms in total. The van der Waals surface area contributed by atoms with Gasteiger partial charge < -0.3 is 11.1 Å². The molecule has 0 aliphatic carbocycles. The van der Waals surface area contributed by atoms with E-state index in [0.29, 0.717) is 17.1 Å². The van der Waals surface area contributed by atoms with E-state index in [0.717, 1.165) is 11.1 Å². The maximum atomic E-state index is 11.7. The summed E-state index contributed by atoms with van der Waals surface area (Å²) >= 11 is 6.42. The Morgan fingerprint density at radius 1 is 1.33 bits per heavy atom. The zero-order chi connectivity index (χ0) is 13.0. The number of thiocarbonyl (C=S) groups is 1. The molecule has 0 spiro atoms. The number of amides is 1. The van der Waals surface area contributed by atoms with Crippen LogP contribution < -0.4 is 11.1 Å². The van der Waals surface area contributed by atoms with Gasteiger partial charge in [-0.3, -0.25) is 4.79 Å². The number of hydrogen-bond donors (Lipinski definition) is 2. The lowest BCUT2D eigenvalue weighted by Crippen LogP contribution is -2.22. The van der Waals surface area contributed by atoms with Gasteiger partial charge in [0, 0.05) is 23.1 Å². The van der Waals surface area contributed by atoms with Crippen LogP contribution in [-0.4, -0.2) is 10.9 Å². The van der Waals surface area contributed by atoms with Gasteiger partial charge >= 0.3 is 0 Å². The van der Waals surface area contributed by atoms with Crippen molar-refractivity contribution in [2.45, 2.75) is 6.54 Å². The van der Waals surface area contributed by atoms with E-state index in [9.17, 15) is 4.79 Å². The van der Waals surface area contributed by atoms with Crippen LogP contribution in [0.4, 0.5) is 0 Å². The van der Waals surface area contributed by atoms with Crippen molar-refractivity contribution in [1.82, 2.24) is 5.32 Å². The molecule has 1 amide bonds. The van der Waals surface area contributed by atoms with Crippen molar-refractivity contribution >= 4 is 34.5 Å². The van der Waals surface area contributed by atoms with E-state index < -0.39 is 0 Å². The quantitative estimate of drug-likeness (QED) is 0.843. The van der Waals surface area contributed by atoms with E-state index >= 15 is 0 Å². The average Bonchev–Trinajstić information content (AvgIpc) is 2.90. The minimum absolute atomic E-state index is 0.0722. The number of carbonyl (C=O) groups excluding carboxylic acids is 1. The van der Waals surface area contributed by atoms with Crippen LogP contribution in [0, 0.1) is 0 Å². The monoisotopic (exact) mass is 276 g/mol. The molecule has 5 heteroatoms.